The molecule has 1 unspecified atom stereocenters. The SMILES string of the molecule is CNc1ccc2c(c1)C1(CCC(C)(C)c3ccccc31)c1ccccc1C2. The average molecular weight is 354 g/mol. The third kappa shape index (κ3) is 2.24. The zero-order valence-corrected chi connectivity index (χ0v) is 16.5. The monoisotopic (exact) mass is 353 g/mol. The molecule has 1 nitrogen and oxygen atoms in total. The van der Waals surface area contributed by atoms with Crippen molar-refractivity contribution in [3.8, 4) is 0 Å². The quantitative estimate of drug-likeness (QED) is 0.562. The van der Waals surface area contributed by atoms with Crippen LogP contribution in [0.1, 0.15) is 60.1 Å². The van der Waals surface area contributed by atoms with Crippen molar-refractivity contribution in [1.29, 1.82) is 0 Å². The Morgan fingerprint density at radius 1 is 0.704 bits per heavy atom. The summed E-state index contributed by atoms with van der Waals surface area (Å²) in [5.74, 6) is 0. The smallest absolute Gasteiger partial charge is 0.0461 e. The van der Waals surface area contributed by atoms with E-state index in [1.165, 1.54) is 45.5 Å². The first-order valence-corrected chi connectivity index (χ1v) is 10.1. The molecule has 2 aliphatic rings. The van der Waals surface area contributed by atoms with Crippen LogP contribution in [-0.2, 0) is 17.3 Å². The van der Waals surface area contributed by atoms with Crippen LogP contribution in [0.2, 0.25) is 0 Å². The first kappa shape index (κ1) is 16.6. The summed E-state index contributed by atoms with van der Waals surface area (Å²) >= 11 is 0. The molecule has 27 heavy (non-hydrogen) atoms. The fraction of sp³-hybridized carbons (Fsp3) is 0.308. The average Bonchev–Trinajstić information content (AvgIpc) is 2.70. The number of nitrogens with one attached hydrogen (secondary N) is 1. The van der Waals surface area contributed by atoms with Crippen LogP contribution in [0, 0.1) is 0 Å². The summed E-state index contributed by atoms with van der Waals surface area (Å²) in [5.41, 5.74) is 10.4. The molecule has 0 saturated carbocycles. The highest BCUT2D eigenvalue weighted by Crippen LogP contribution is 2.56. The second kappa shape index (κ2) is 5.73. The van der Waals surface area contributed by atoms with E-state index in [0.29, 0.717) is 0 Å². The predicted octanol–water partition coefficient (Wildman–Crippen LogP) is 6.04. The third-order valence-electron chi connectivity index (χ3n) is 6.96. The van der Waals surface area contributed by atoms with E-state index in [1.807, 2.05) is 7.05 Å². The van der Waals surface area contributed by atoms with Gasteiger partial charge in [0.25, 0.3) is 0 Å². The maximum absolute atomic E-state index is 3.36. The van der Waals surface area contributed by atoms with Crippen molar-refractivity contribution in [2.45, 2.75) is 43.9 Å². The molecule has 1 N–H and O–H groups in total. The second-order valence-electron chi connectivity index (χ2n) is 8.79. The van der Waals surface area contributed by atoms with Crippen molar-refractivity contribution in [2.75, 3.05) is 12.4 Å². The molecule has 0 fully saturated rings. The molecule has 3 aromatic rings. The first-order valence-electron chi connectivity index (χ1n) is 10.1. The molecule has 0 bridgehead atoms. The minimum Gasteiger partial charge on any atom is -0.388 e. The summed E-state index contributed by atoms with van der Waals surface area (Å²) in [7, 11) is 2.02. The third-order valence-corrected chi connectivity index (χ3v) is 6.96. The lowest BCUT2D eigenvalue weighted by molar-refractivity contribution is 0.360. The molecule has 0 aromatic heterocycles. The number of hydrogen-bond donors (Lipinski definition) is 1. The van der Waals surface area contributed by atoms with Crippen molar-refractivity contribution < 1.29 is 0 Å². The maximum Gasteiger partial charge on any atom is 0.0461 e. The van der Waals surface area contributed by atoms with Crippen LogP contribution < -0.4 is 5.32 Å². The number of fused-ring (bicyclic) bond motifs is 6. The van der Waals surface area contributed by atoms with Gasteiger partial charge in [0.2, 0.25) is 0 Å². The fourth-order valence-corrected chi connectivity index (χ4v) is 5.50. The molecule has 1 heteroatoms. The number of benzene rings is 3. The van der Waals surface area contributed by atoms with Crippen molar-refractivity contribution in [3.05, 3.63) is 100 Å². The molecule has 0 aliphatic heterocycles. The van der Waals surface area contributed by atoms with Crippen LogP contribution >= 0.6 is 0 Å². The first-order chi connectivity index (χ1) is 13.1. The molecule has 1 spiro atoms. The van der Waals surface area contributed by atoms with E-state index in [4.69, 9.17) is 0 Å². The van der Waals surface area contributed by atoms with Gasteiger partial charge < -0.3 is 5.32 Å². The second-order valence-corrected chi connectivity index (χ2v) is 8.79. The zero-order valence-electron chi connectivity index (χ0n) is 16.5. The number of anilines is 1. The van der Waals surface area contributed by atoms with Crippen molar-refractivity contribution in [2.24, 2.45) is 0 Å². The van der Waals surface area contributed by atoms with Crippen molar-refractivity contribution >= 4 is 5.69 Å². The van der Waals surface area contributed by atoms with E-state index in [0.717, 1.165) is 12.8 Å². The van der Waals surface area contributed by atoms with E-state index in [2.05, 4.69) is 85.9 Å². The van der Waals surface area contributed by atoms with Gasteiger partial charge in [0.05, 0.1) is 0 Å². The molecule has 2 aliphatic carbocycles. The highest BCUT2D eigenvalue weighted by molar-refractivity contribution is 5.66. The molecule has 136 valence electrons. The minimum absolute atomic E-state index is 0.0385. The summed E-state index contributed by atoms with van der Waals surface area (Å²) in [4.78, 5) is 0. The molecule has 0 radical (unpaired) electrons. The van der Waals surface area contributed by atoms with Crippen LogP contribution in [0.25, 0.3) is 0 Å². The van der Waals surface area contributed by atoms with Gasteiger partial charge in [-0.1, -0.05) is 68.4 Å². The lowest BCUT2D eigenvalue weighted by Gasteiger charge is -2.49. The standard InChI is InChI=1S/C26H27N/c1-25(2)14-15-26(23-11-7-6-10-22(23)25)21-9-5-4-8-18(21)16-19-12-13-20(27-3)17-24(19)26/h4-13,17,27H,14-16H2,1-3H3. The number of hydrogen-bond acceptors (Lipinski definition) is 1. The van der Waals surface area contributed by atoms with Gasteiger partial charge in [-0.05, 0) is 70.2 Å². The summed E-state index contributed by atoms with van der Waals surface area (Å²) in [6.07, 6.45) is 3.39. The van der Waals surface area contributed by atoms with Gasteiger partial charge >= 0.3 is 0 Å². The largest absolute Gasteiger partial charge is 0.388 e. The fourth-order valence-electron chi connectivity index (χ4n) is 5.50. The molecule has 0 heterocycles. The number of rotatable bonds is 1. The molecule has 1 atom stereocenters. The van der Waals surface area contributed by atoms with Crippen LogP contribution in [-0.4, -0.2) is 7.05 Å². The van der Waals surface area contributed by atoms with Crippen LogP contribution in [0.3, 0.4) is 0 Å². The molecular weight excluding hydrogens is 326 g/mol. The normalized spacial score (nSPS) is 21.9. The van der Waals surface area contributed by atoms with E-state index in [-0.39, 0.29) is 10.8 Å². The van der Waals surface area contributed by atoms with Crippen molar-refractivity contribution in [3.63, 3.8) is 0 Å². The molecular formula is C26H27N. The van der Waals surface area contributed by atoms with E-state index in [9.17, 15) is 0 Å². The Labute approximate surface area is 162 Å². The van der Waals surface area contributed by atoms with Gasteiger partial charge in [0.15, 0.2) is 0 Å². The molecule has 3 aromatic carbocycles. The van der Waals surface area contributed by atoms with Gasteiger partial charge in [-0.2, -0.15) is 0 Å². The summed E-state index contributed by atoms with van der Waals surface area (Å²) < 4.78 is 0. The van der Waals surface area contributed by atoms with Crippen LogP contribution in [0.15, 0.2) is 66.7 Å². The Morgan fingerprint density at radius 2 is 1.37 bits per heavy atom. The van der Waals surface area contributed by atoms with Gasteiger partial charge in [0.1, 0.15) is 0 Å². The summed E-state index contributed by atoms with van der Waals surface area (Å²) in [6.45, 7) is 4.80. The highest BCUT2D eigenvalue weighted by atomic mass is 14.8. The lowest BCUT2D eigenvalue weighted by Crippen LogP contribution is -2.42. The van der Waals surface area contributed by atoms with Crippen molar-refractivity contribution in [1.82, 2.24) is 0 Å². The van der Waals surface area contributed by atoms with Gasteiger partial charge in [0, 0.05) is 18.2 Å². The lowest BCUT2D eigenvalue weighted by atomic mass is 9.54. The van der Waals surface area contributed by atoms with E-state index in [1.54, 1.807) is 0 Å². The van der Waals surface area contributed by atoms with Crippen LogP contribution in [0.4, 0.5) is 5.69 Å². The van der Waals surface area contributed by atoms with E-state index >= 15 is 0 Å². The summed E-state index contributed by atoms with van der Waals surface area (Å²) in [5, 5.41) is 3.36. The van der Waals surface area contributed by atoms with Gasteiger partial charge in [-0.15, -0.1) is 0 Å². The van der Waals surface area contributed by atoms with Gasteiger partial charge in [-0.3, -0.25) is 0 Å². The topological polar surface area (TPSA) is 12.0 Å². The van der Waals surface area contributed by atoms with Crippen LogP contribution in [0.5, 0.6) is 0 Å². The Bertz CT molecular complexity index is 1030. The Balaban J connectivity index is 1.90. The summed E-state index contributed by atoms with van der Waals surface area (Å²) in [6, 6.07) is 25.2. The predicted molar refractivity (Wildman–Crippen MR) is 114 cm³/mol. The zero-order chi connectivity index (χ0) is 18.6. The highest BCUT2D eigenvalue weighted by Gasteiger charge is 2.48. The van der Waals surface area contributed by atoms with Gasteiger partial charge in [-0.25, -0.2) is 0 Å². The Morgan fingerprint density at radius 3 is 2.15 bits per heavy atom. The van der Waals surface area contributed by atoms with E-state index < -0.39 is 0 Å². The Hall–Kier alpha value is -2.54. The minimum atomic E-state index is -0.0385. The molecule has 0 saturated heterocycles. The maximum atomic E-state index is 3.36. The molecule has 5 rings (SSSR count). The Kier molecular flexibility index (Phi) is 3.53. The molecule has 0 amide bonds.